The quantitative estimate of drug-likeness (QED) is 0.148. The molecule has 0 fully saturated rings. The molecule has 0 spiro atoms. The van der Waals surface area contributed by atoms with Crippen LogP contribution in [0.2, 0.25) is 0 Å². The van der Waals surface area contributed by atoms with Crippen molar-refractivity contribution in [2.24, 2.45) is 9.98 Å². The van der Waals surface area contributed by atoms with Crippen LogP contribution < -0.4 is 11.1 Å². The van der Waals surface area contributed by atoms with Crippen molar-refractivity contribution in [2.45, 2.75) is 12.8 Å². The predicted molar refractivity (Wildman–Crippen MR) is 352 cm³/mol. The van der Waals surface area contributed by atoms with Gasteiger partial charge >= 0.3 is 0 Å². The van der Waals surface area contributed by atoms with E-state index in [1.165, 1.54) is 0 Å². The molecule has 0 atom stereocenters. The maximum Gasteiger partial charge on any atom is 0.264 e. The molecule has 0 aliphatic carbocycles. The lowest BCUT2D eigenvalue weighted by molar-refractivity contribution is 1.05. The lowest BCUT2D eigenvalue weighted by atomic mass is 10.0. The van der Waals surface area contributed by atoms with E-state index in [-0.39, 0.29) is 11.1 Å². The number of amidine groups is 1. The van der Waals surface area contributed by atoms with Crippen LogP contribution >= 0.6 is 0 Å². The van der Waals surface area contributed by atoms with E-state index in [1.807, 2.05) is 99.8 Å². The average molecular weight is 1100 g/mol. The maximum atomic E-state index is 15.1. The van der Waals surface area contributed by atoms with Gasteiger partial charge in [0.1, 0.15) is 17.5 Å². The highest BCUT2D eigenvalue weighted by Crippen LogP contribution is 2.45. The molecule has 1 aliphatic heterocycles. The molecule has 0 saturated carbocycles. The summed E-state index contributed by atoms with van der Waals surface area (Å²) in [6.07, 6.45) is 3.69. The first kappa shape index (κ1) is 48.0. The molecule has 0 unspecified atom stereocenters. The molecule has 0 bridgehead atoms. The first-order valence-corrected chi connectivity index (χ1v) is 29.0. The number of rotatable bonds is 7. The lowest BCUT2D eigenvalue weighted by Gasteiger charge is -2.15. The van der Waals surface area contributed by atoms with E-state index in [0.29, 0.717) is 28.3 Å². The Kier molecular flexibility index (Phi) is 10.3. The van der Waals surface area contributed by atoms with E-state index in [1.54, 1.807) is 0 Å². The third-order valence-electron chi connectivity index (χ3n) is 17.6. The number of aromatic nitrogens is 6. The third kappa shape index (κ3) is 6.95. The van der Waals surface area contributed by atoms with Crippen LogP contribution in [0.15, 0.2) is 274 Å². The zero-order valence-corrected chi connectivity index (χ0v) is 46.1. The van der Waals surface area contributed by atoms with Crippen LogP contribution in [0.1, 0.15) is 24.0 Å². The van der Waals surface area contributed by atoms with Crippen LogP contribution in [0.4, 0.5) is 0 Å². The molecule has 10 nitrogen and oxygen atoms in total. The Morgan fingerprint density at radius 2 is 0.756 bits per heavy atom. The van der Waals surface area contributed by atoms with E-state index in [4.69, 9.17) is 20.0 Å². The molecule has 7 heterocycles. The van der Waals surface area contributed by atoms with Crippen molar-refractivity contribution in [2.75, 3.05) is 0 Å². The predicted octanol–water partition coefficient (Wildman–Crippen LogP) is 16.9. The van der Waals surface area contributed by atoms with Crippen molar-refractivity contribution in [3.05, 3.63) is 287 Å². The van der Waals surface area contributed by atoms with Gasteiger partial charge in [-0.05, 0) is 94.9 Å². The number of hydrogen-bond acceptors (Lipinski definition) is 6. The number of hydrogen-bond donors (Lipinski definition) is 0. The largest absolute Gasteiger partial charge is 0.309 e. The van der Waals surface area contributed by atoms with Gasteiger partial charge in [0.15, 0.2) is 5.84 Å². The number of aliphatic imine (C=N–C) groups is 2. The van der Waals surface area contributed by atoms with Crippen molar-refractivity contribution in [3.8, 4) is 39.6 Å². The van der Waals surface area contributed by atoms with Crippen LogP contribution in [-0.2, 0) is 0 Å². The number of benzene rings is 11. The van der Waals surface area contributed by atoms with Gasteiger partial charge in [-0.2, -0.15) is 0 Å². The zero-order valence-electron chi connectivity index (χ0n) is 46.1. The molecule has 0 N–H and O–H groups in total. The summed E-state index contributed by atoms with van der Waals surface area (Å²) in [6.45, 7) is 0. The smallest absolute Gasteiger partial charge is 0.264 e. The van der Waals surface area contributed by atoms with E-state index in [2.05, 4.69) is 173 Å². The normalized spacial score (nSPS) is 14.5. The van der Waals surface area contributed by atoms with Gasteiger partial charge in [-0.25, -0.2) is 20.0 Å². The summed E-state index contributed by atoms with van der Waals surface area (Å²) >= 11 is 0. The van der Waals surface area contributed by atoms with Gasteiger partial charge in [-0.3, -0.25) is 23.0 Å². The van der Waals surface area contributed by atoms with Crippen LogP contribution in [0.3, 0.4) is 0 Å². The van der Waals surface area contributed by atoms with Crippen molar-refractivity contribution >= 4 is 115 Å². The molecule has 6 aromatic heterocycles. The fourth-order valence-corrected chi connectivity index (χ4v) is 13.8. The van der Waals surface area contributed by atoms with Gasteiger partial charge in [-0.15, -0.1) is 0 Å². The number of fused-ring (bicyclic) bond motifs is 12. The Labute approximate surface area is 489 Å². The number of pyridine rings is 2. The highest BCUT2D eigenvalue weighted by atomic mass is 16.1. The second kappa shape index (κ2) is 18.4. The summed E-state index contributed by atoms with van der Waals surface area (Å²) in [4.78, 5) is 51.0. The van der Waals surface area contributed by atoms with Gasteiger partial charge in [0.25, 0.3) is 11.1 Å². The summed E-state index contributed by atoms with van der Waals surface area (Å²) in [5.74, 6) is 2.62. The SMILES string of the molecule is O=c1c2ccccc2c2c3c4ccccc4n(C4=C/CCC(c5ccccc5)=N/C(c5ccccc5)=N\4)c3cc3nc(-c4ccc(-c5ccc(-n6c7ccccc7c7c8c9ccccc9c(=O)n9c(-c%10ccccc%10)nc(cc76)c89)cc5)cc4)n1c32. The Balaban J connectivity index is 0.773. The molecule has 86 heavy (non-hydrogen) atoms. The average Bonchev–Trinajstić information content (AvgIpc) is 1.75. The first-order valence-electron chi connectivity index (χ1n) is 29.0. The second-order valence-electron chi connectivity index (χ2n) is 22.3. The Morgan fingerprint density at radius 3 is 1.30 bits per heavy atom. The number of allylic oxidation sites excluding steroid dienone is 1. The van der Waals surface area contributed by atoms with Crippen LogP contribution in [-0.4, -0.2) is 39.5 Å². The van der Waals surface area contributed by atoms with Gasteiger partial charge in [0.05, 0.1) is 49.8 Å². The molecular weight excluding hydrogens is 1060 g/mol. The van der Waals surface area contributed by atoms with Crippen molar-refractivity contribution in [1.29, 1.82) is 0 Å². The minimum Gasteiger partial charge on any atom is -0.309 e. The minimum atomic E-state index is -0.113. The molecule has 0 saturated heterocycles. The highest BCUT2D eigenvalue weighted by Gasteiger charge is 2.28. The molecule has 1 aliphatic rings. The fraction of sp³-hybridized carbons (Fsp3) is 0.0263. The summed E-state index contributed by atoms with van der Waals surface area (Å²) in [5, 5.41) is 9.30. The minimum absolute atomic E-state index is 0.0779. The van der Waals surface area contributed by atoms with Crippen LogP contribution in [0.25, 0.3) is 143 Å². The zero-order chi connectivity index (χ0) is 56.7. The summed E-state index contributed by atoms with van der Waals surface area (Å²) < 4.78 is 8.23. The van der Waals surface area contributed by atoms with Gasteiger partial charge in [-0.1, -0.05) is 200 Å². The summed E-state index contributed by atoms with van der Waals surface area (Å²) in [5.41, 5.74) is 14.7. The van der Waals surface area contributed by atoms with Crippen molar-refractivity contribution < 1.29 is 0 Å². The van der Waals surface area contributed by atoms with Crippen LogP contribution in [0, 0.1) is 0 Å². The molecule has 402 valence electrons. The van der Waals surface area contributed by atoms with E-state index < -0.39 is 0 Å². The third-order valence-corrected chi connectivity index (χ3v) is 17.6. The Hall–Kier alpha value is -11.6. The van der Waals surface area contributed by atoms with Gasteiger partial charge < -0.3 is 4.57 Å². The summed E-state index contributed by atoms with van der Waals surface area (Å²) in [7, 11) is 0. The molecule has 17 aromatic rings. The monoisotopic (exact) mass is 1100 g/mol. The number of para-hydroxylation sites is 2. The Bertz CT molecular complexity index is 5900. The molecule has 11 aromatic carbocycles. The summed E-state index contributed by atoms with van der Waals surface area (Å²) in [6, 6.07) is 84.8. The highest BCUT2D eigenvalue weighted by molar-refractivity contribution is 6.32. The molecule has 18 rings (SSSR count). The number of nitrogens with zero attached hydrogens (tertiary/aromatic N) is 8. The van der Waals surface area contributed by atoms with Crippen molar-refractivity contribution in [3.63, 3.8) is 0 Å². The van der Waals surface area contributed by atoms with E-state index in [9.17, 15) is 4.79 Å². The van der Waals surface area contributed by atoms with Crippen LogP contribution in [0.5, 0.6) is 0 Å². The second-order valence-corrected chi connectivity index (χ2v) is 22.3. The van der Waals surface area contributed by atoms with E-state index >= 15 is 4.79 Å². The maximum absolute atomic E-state index is 15.1. The van der Waals surface area contributed by atoms with Crippen molar-refractivity contribution in [1.82, 2.24) is 27.9 Å². The van der Waals surface area contributed by atoms with Gasteiger partial charge in [0, 0.05) is 65.5 Å². The van der Waals surface area contributed by atoms with Gasteiger partial charge in [0.2, 0.25) is 0 Å². The lowest BCUT2D eigenvalue weighted by Crippen LogP contribution is -2.14. The van der Waals surface area contributed by atoms with E-state index in [0.717, 1.165) is 151 Å². The Morgan fingerprint density at radius 1 is 0.337 bits per heavy atom. The molecule has 0 radical (unpaired) electrons. The number of imidazole rings is 2. The first-order chi connectivity index (χ1) is 42.5. The topological polar surface area (TPSA) is 103 Å². The molecule has 10 heteroatoms. The fourth-order valence-electron chi connectivity index (χ4n) is 13.8. The molecule has 0 amide bonds. The molecular formula is C76H46N8O2. The standard InChI is InChI=1S/C76H46N8O2/c85-75-54-27-12-10-25-52(54)68-66-56-29-14-16-32-61(56)81(63(66)43-59-70(68)83(75)73(78-59)49-23-8-3-9-24-49)51-41-39-46(40-42-51)45-35-37-50(38-36-45)74-79-60-44-64-67(69-53-26-11-13-28-55(53)76(86)84(74)71(60)69)57-30-15-17-33-62(57)82(64)65-34-18-31-58(47-19-4-1-5-20-47)77-72(80-65)48-21-6-2-7-22-48/h1-17,19-30,32-44H,18,31H2/b65-34+,77-58?,80-72-.